The molecule has 0 unspecified atom stereocenters. The topological polar surface area (TPSA) is 58.2 Å². The average Bonchev–Trinajstić information content (AvgIpc) is 3.09. The molecule has 0 fully saturated rings. The number of rotatable bonds is 24. The standard InChI is InChI=1S/2C19H31NO.2ClH.2Cu/c2*1-2-3-4-5-6-7-8-9-10-13-16-20-17-18-14-11-12-15-19(18)21;;;;/h2*11-12,14-15,17,20H,2-10,13,16H2,1H3;2*1H;;/q;;;;2*+1/p-2. The molecular formula is C38H62Cl2Cu2N2O2. The van der Waals surface area contributed by atoms with E-state index >= 15 is 0 Å². The Morgan fingerprint density at radius 1 is 0.457 bits per heavy atom. The van der Waals surface area contributed by atoms with Crippen LogP contribution in [0.4, 0.5) is 0 Å². The van der Waals surface area contributed by atoms with Gasteiger partial charge in [-0.2, -0.15) is 0 Å². The molecule has 2 aliphatic rings. The molecule has 0 spiro atoms. The van der Waals surface area contributed by atoms with E-state index in [-0.39, 0.29) is 11.6 Å². The van der Waals surface area contributed by atoms with E-state index in [2.05, 4.69) is 74.9 Å². The Labute approximate surface area is 307 Å². The van der Waals surface area contributed by atoms with Crippen molar-refractivity contribution in [1.29, 1.82) is 0 Å². The Balaban J connectivity index is 0. The van der Waals surface area contributed by atoms with Gasteiger partial charge in [0.2, 0.25) is 0 Å². The molecule has 0 aromatic rings. The summed E-state index contributed by atoms with van der Waals surface area (Å²) in [5.74, 6) is 0.182. The third-order valence-corrected chi connectivity index (χ3v) is 7.70. The molecule has 0 aromatic heterocycles. The molecule has 0 radical (unpaired) electrons. The van der Waals surface area contributed by atoms with Crippen LogP contribution in [0.1, 0.15) is 142 Å². The minimum atomic E-state index is 0.0908. The summed E-state index contributed by atoms with van der Waals surface area (Å²) in [6.07, 6.45) is 45.1. The molecule has 0 aromatic carbocycles. The molecule has 0 heterocycles. The van der Waals surface area contributed by atoms with Gasteiger partial charge in [-0.05, 0) is 37.1 Å². The molecule has 8 heteroatoms. The quantitative estimate of drug-likeness (QED) is 0.0582. The molecule has 0 atom stereocenters. The van der Waals surface area contributed by atoms with Gasteiger partial charge in [-0.3, -0.25) is 9.59 Å². The SMILES string of the molecule is CCCCCCCCCCCCNC=C1C=CC=CC1=O.CCCCCCCCCCCCNC=C1C=CC=CC1=O.[Cl][Cu].[Cl][Cu]. The van der Waals surface area contributed by atoms with E-state index < -0.39 is 0 Å². The van der Waals surface area contributed by atoms with E-state index in [0.29, 0.717) is 0 Å². The fourth-order valence-corrected chi connectivity index (χ4v) is 4.99. The summed E-state index contributed by atoms with van der Waals surface area (Å²) in [6.45, 7) is 6.46. The van der Waals surface area contributed by atoms with Crippen LogP contribution in [-0.4, -0.2) is 24.7 Å². The number of allylic oxidation sites excluding steroid dienone is 10. The van der Waals surface area contributed by atoms with Crippen molar-refractivity contribution in [3.05, 3.63) is 72.2 Å². The van der Waals surface area contributed by atoms with Crippen LogP contribution >= 0.6 is 20.2 Å². The zero-order valence-corrected chi connectivity index (χ0v) is 31.9. The predicted octanol–water partition coefficient (Wildman–Crippen LogP) is 11.5. The zero-order chi connectivity index (χ0) is 34.4. The molecule has 2 rings (SSSR count). The van der Waals surface area contributed by atoms with Crippen LogP contribution in [0.2, 0.25) is 0 Å². The Hall–Kier alpha value is -1.00. The van der Waals surface area contributed by atoms with Crippen molar-refractivity contribution in [3.63, 3.8) is 0 Å². The number of unbranched alkanes of at least 4 members (excludes halogenated alkanes) is 18. The Morgan fingerprint density at radius 3 is 1.00 bits per heavy atom. The van der Waals surface area contributed by atoms with E-state index in [1.54, 1.807) is 24.3 Å². The molecule has 0 bridgehead atoms. The van der Waals surface area contributed by atoms with Crippen LogP contribution in [0.3, 0.4) is 0 Å². The van der Waals surface area contributed by atoms with E-state index in [1.807, 2.05) is 36.7 Å². The third-order valence-electron chi connectivity index (χ3n) is 7.70. The number of hydrogen-bond donors (Lipinski definition) is 2. The summed E-state index contributed by atoms with van der Waals surface area (Å²) in [5.41, 5.74) is 1.51. The maximum atomic E-state index is 11.5. The number of carbonyl (C=O) groups excluding carboxylic acids is 2. The van der Waals surface area contributed by atoms with Crippen LogP contribution in [0.5, 0.6) is 0 Å². The summed E-state index contributed by atoms with van der Waals surface area (Å²) in [7, 11) is 8.40. The summed E-state index contributed by atoms with van der Waals surface area (Å²) >= 11 is 7.32. The first-order chi connectivity index (χ1) is 22.7. The van der Waals surface area contributed by atoms with Gasteiger partial charge in [-0.1, -0.05) is 154 Å². The van der Waals surface area contributed by atoms with Gasteiger partial charge in [0.15, 0.2) is 11.6 Å². The molecule has 272 valence electrons. The van der Waals surface area contributed by atoms with Gasteiger partial charge < -0.3 is 10.6 Å². The van der Waals surface area contributed by atoms with Crippen molar-refractivity contribution in [2.24, 2.45) is 0 Å². The van der Waals surface area contributed by atoms with Crippen LogP contribution < -0.4 is 10.6 Å². The van der Waals surface area contributed by atoms with Crippen molar-refractivity contribution in [1.82, 2.24) is 10.6 Å². The van der Waals surface area contributed by atoms with E-state index in [0.717, 1.165) is 24.2 Å². The number of hydrogen-bond acceptors (Lipinski definition) is 4. The number of carbonyl (C=O) groups is 2. The van der Waals surface area contributed by atoms with E-state index in [9.17, 15) is 9.59 Å². The van der Waals surface area contributed by atoms with Gasteiger partial charge in [0.25, 0.3) is 0 Å². The predicted molar refractivity (Wildman–Crippen MR) is 194 cm³/mol. The van der Waals surface area contributed by atoms with Crippen LogP contribution in [-0.2, 0) is 39.8 Å². The normalized spacial score (nSPS) is 14.8. The Morgan fingerprint density at radius 2 is 0.717 bits per heavy atom. The Kier molecular flexibility index (Phi) is 41.1. The third kappa shape index (κ3) is 31.6. The van der Waals surface area contributed by atoms with Crippen LogP contribution in [0.15, 0.2) is 72.2 Å². The van der Waals surface area contributed by atoms with Gasteiger partial charge in [-0.25, -0.2) is 0 Å². The maximum absolute atomic E-state index is 11.5. The molecule has 46 heavy (non-hydrogen) atoms. The fraction of sp³-hybridized carbons (Fsp3) is 0.632. The molecule has 0 saturated heterocycles. The van der Waals surface area contributed by atoms with Crippen molar-refractivity contribution >= 4 is 31.8 Å². The molecule has 0 aliphatic heterocycles. The second kappa shape index (κ2) is 40.2. The number of nitrogens with one attached hydrogen (secondary N) is 2. The van der Waals surface area contributed by atoms with Crippen molar-refractivity contribution < 1.29 is 39.8 Å². The molecule has 2 N–H and O–H groups in total. The van der Waals surface area contributed by atoms with Crippen molar-refractivity contribution in [2.75, 3.05) is 13.1 Å². The first-order valence-electron chi connectivity index (χ1n) is 17.6. The summed E-state index contributed by atoms with van der Waals surface area (Å²) in [5, 5.41) is 6.49. The number of ketones is 2. The van der Waals surface area contributed by atoms with Crippen molar-refractivity contribution in [3.8, 4) is 0 Å². The first kappa shape index (κ1) is 47.1. The van der Waals surface area contributed by atoms with E-state index in [1.165, 1.54) is 128 Å². The summed E-state index contributed by atoms with van der Waals surface area (Å²) in [4.78, 5) is 23.0. The monoisotopic (exact) mass is 774 g/mol. The van der Waals surface area contributed by atoms with Crippen molar-refractivity contribution in [2.45, 2.75) is 142 Å². The molecule has 0 saturated carbocycles. The molecule has 0 amide bonds. The zero-order valence-electron chi connectivity index (χ0n) is 28.5. The second-order valence-corrected chi connectivity index (χ2v) is 11.6. The second-order valence-electron chi connectivity index (χ2n) is 11.6. The van der Waals surface area contributed by atoms with E-state index in [4.69, 9.17) is 0 Å². The molecule has 4 nitrogen and oxygen atoms in total. The minimum absolute atomic E-state index is 0.0908. The molecular weight excluding hydrogens is 714 g/mol. The Bertz CT molecular complexity index is 827. The van der Waals surface area contributed by atoms with Gasteiger partial charge in [0.1, 0.15) is 0 Å². The van der Waals surface area contributed by atoms with Gasteiger partial charge in [0, 0.05) is 36.6 Å². The first-order valence-corrected chi connectivity index (χ1v) is 20.2. The van der Waals surface area contributed by atoms with Gasteiger partial charge in [-0.15, -0.1) is 0 Å². The fourth-order valence-electron chi connectivity index (χ4n) is 4.99. The van der Waals surface area contributed by atoms with Gasteiger partial charge >= 0.3 is 50.4 Å². The van der Waals surface area contributed by atoms with Crippen LogP contribution in [0, 0.1) is 0 Å². The van der Waals surface area contributed by atoms with Crippen LogP contribution in [0.25, 0.3) is 0 Å². The average molecular weight is 777 g/mol. The summed E-state index contributed by atoms with van der Waals surface area (Å²) < 4.78 is 0. The summed E-state index contributed by atoms with van der Waals surface area (Å²) in [6, 6.07) is 0. The van der Waals surface area contributed by atoms with Gasteiger partial charge in [0.05, 0.1) is 0 Å². The number of halogens is 2. The molecule has 2 aliphatic carbocycles.